The predicted molar refractivity (Wildman–Crippen MR) is 108 cm³/mol. The van der Waals surface area contributed by atoms with Crippen LogP contribution in [0, 0.1) is 23.5 Å². The van der Waals surface area contributed by atoms with Crippen molar-refractivity contribution in [3.05, 3.63) is 57.6 Å². The second-order valence-corrected chi connectivity index (χ2v) is 8.87. The van der Waals surface area contributed by atoms with Gasteiger partial charge in [-0.25, -0.2) is 8.78 Å². The van der Waals surface area contributed by atoms with Gasteiger partial charge >= 0.3 is 0 Å². The van der Waals surface area contributed by atoms with Crippen molar-refractivity contribution in [2.45, 2.75) is 30.6 Å². The van der Waals surface area contributed by atoms with Crippen molar-refractivity contribution in [2.75, 3.05) is 14.1 Å². The Bertz CT molecular complexity index is 1190. The minimum absolute atomic E-state index is 0.313. The molecule has 0 unspecified atom stereocenters. The highest BCUT2D eigenvalue weighted by molar-refractivity contribution is 6.24. The molecule has 0 aromatic heterocycles. The number of benzene rings is 1. The molecule has 176 valence electrons. The number of carbonyl (C=O) groups excluding carboxylic acids is 3. The van der Waals surface area contributed by atoms with Crippen LogP contribution in [-0.4, -0.2) is 74.6 Å². The standard InChI is InChI=1S/C22H22F2N2O7/c1-6-9-7(23)4-5-8(24)11(9)16(27)12-10(6)17(28)14-15(26(2)3)18(29)13(21(25)32)20(31)22(14,33)19(12)30/h4-6,10,14-15,17,28-30,33H,1-3H3,(H2,25,32)/t6-,10+,14+,15-,17-,22-/m0/s1. The zero-order chi connectivity index (χ0) is 24.7. The molecule has 3 aliphatic rings. The van der Waals surface area contributed by atoms with Gasteiger partial charge in [-0.3, -0.25) is 19.3 Å². The number of primary amides is 1. The summed E-state index contributed by atoms with van der Waals surface area (Å²) in [4.78, 5) is 39.6. The summed E-state index contributed by atoms with van der Waals surface area (Å²) in [5.74, 6) is -12.2. The van der Waals surface area contributed by atoms with Crippen molar-refractivity contribution in [1.82, 2.24) is 4.90 Å². The molecule has 0 fully saturated rings. The number of rotatable bonds is 2. The van der Waals surface area contributed by atoms with Crippen LogP contribution in [0.4, 0.5) is 8.78 Å². The van der Waals surface area contributed by atoms with E-state index in [-0.39, 0.29) is 5.56 Å². The molecule has 0 aliphatic heterocycles. The molecule has 6 atom stereocenters. The summed E-state index contributed by atoms with van der Waals surface area (Å²) >= 11 is 0. The molecule has 0 heterocycles. The molecule has 0 saturated carbocycles. The average Bonchev–Trinajstić information content (AvgIpc) is 2.72. The fourth-order valence-electron chi connectivity index (χ4n) is 5.63. The first-order chi connectivity index (χ1) is 15.3. The fourth-order valence-corrected chi connectivity index (χ4v) is 5.63. The topological polar surface area (TPSA) is 161 Å². The van der Waals surface area contributed by atoms with Crippen LogP contribution in [0.2, 0.25) is 0 Å². The lowest BCUT2D eigenvalue weighted by atomic mass is 9.55. The highest BCUT2D eigenvalue weighted by Gasteiger charge is 2.67. The van der Waals surface area contributed by atoms with E-state index in [1.54, 1.807) is 0 Å². The minimum Gasteiger partial charge on any atom is -0.510 e. The lowest BCUT2D eigenvalue weighted by Gasteiger charge is -2.53. The van der Waals surface area contributed by atoms with Gasteiger partial charge in [0, 0.05) is 17.1 Å². The normalized spacial score (nSPS) is 33.8. The summed E-state index contributed by atoms with van der Waals surface area (Å²) in [7, 11) is 2.83. The van der Waals surface area contributed by atoms with Gasteiger partial charge < -0.3 is 26.2 Å². The van der Waals surface area contributed by atoms with Crippen molar-refractivity contribution in [2.24, 2.45) is 17.6 Å². The van der Waals surface area contributed by atoms with Gasteiger partial charge in [0.05, 0.1) is 23.6 Å². The first kappa shape index (κ1) is 23.0. The van der Waals surface area contributed by atoms with Crippen molar-refractivity contribution < 1.29 is 43.6 Å². The van der Waals surface area contributed by atoms with E-state index >= 15 is 0 Å². The van der Waals surface area contributed by atoms with Gasteiger partial charge in [-0.2, -0.15) is 0 Å². The number of halogens is 2. The molecule has 0 spiro atoms. The van der Waals surface area contributed by atoms with Gasteiger partial charge in [0.1, 0.15) is 28.7 Å². The van der Waals surface area contributed by atoms with Crippen LogP contribution in [0.5, 0.6) is 0 Å². The van der Waals surface area contributed by atoms with Gasteiger partial charge in [-0.05, 0) is 32.1 Å². The van der Waals surface area contributed by atoms with E-state index in [1.807, 2.05) is 0 Å². The van der Waals surface area contributed by atoms with Crippen molar-refractivity contribution in [1.29, 1.82) is 0 Å². The van der Waals surface area contributed by atoms with E-state index in [4.69, 9.17) is 5.73 Å². The summed E-state index contributed by atoms with van der Waals surface area (Å²) in [6.45, 7) is 1.40. The van der Waals surface area contributed by atoms with Crippen LogP contribution in [0.25, 0.3) is 0 Å². The van der Waals surface area contributed by atoms with E-state index in [1.165, 1.54) is 25.9 Å². The molecule has 1 amide bonds. The second-order valence-electron chi connectivity index (χ2n) is 8.87. The number of aliphatic hydroxyl groups excluding tert-OH is 3. The van der Waals surface area contributed by atoms with Gasteiger partial charge in [-0.1, -0.05) is 6.92 Å². The lowest BCUT2D eigenvalue weighted by molar-refractivity contribution is -0.162. The molecule has 0 bridgehead atoms. The Morgan fingerprint density at radius 3 is 2.27 bits per heavy atom. The molecule has 1 aromatic carbocycles. The van der Waals surface area contributed by atoms with Crippen LogP contribution in [-0.2, 0) is 9.59 Å². The second kappa shape index (κ2) is 7.17. The maximum absolute atomic E-state index is 14.6. The number of carbonyl (C=O) groups is 3. The molecule has 3 aliphatic carbocycles. The van der Waals surface area contributed by atoms with Crippen molar-refractivity contribution in [3.63, 3.8) is 0 Å². The Kier molecular flexibility index (Phi) is 5.00. The van der Waals surface area contributed by atoms with Crippen LogP contribution < -0.4 is 5.73 Å². The molecule has 9 nitrogen and oxygen atoms in total. The number of nitrogens with zero attached hydrogens (tertiary/aromatic N) is 1. The Morgan fingerprint density at radius 2 is 1.73 bits per heavy atom. The van der Waals surface area contributed by atoms with E-state index in [2.05, 4.69) is 0 Å². The molecular weight excluding hydrogens is 442 g/mol. The van der Waals surface area contributed by atoms with Crippen molar-refractivity contribution >= 4 is 17.5 Å². The molecule has 1 aromatic rings. The van der Waals surface area contributed by atoms with Gasteiger partial charge in [-0.15, -0.1) is 0 Å². The Hall–Kier alpha value is -3.15. The molecule has 0 radical (unpaired) electrons. The Balaban J connectivity index is 2.08. The summed E-state index contributed by atoms with van der Waals surface area (Å²) < 4.78 is 29.2. The summed E-state index contributed by atoms with van der Waals surface area (Å²) in [5, 5.41) is 44.5. The largest absolute Gasteiger partial charge is 0.510 e. The molecular formula is C22H22F2N2O7. The predicted octanol–water partition coefficient (Wildman–Crippen LogP) is 0.225. The van der Waals surface area contributed by atoms with Gasteiger partial charge in [0.15, 0.2) is 11.4 Å². The highest BCUT2D eigenvalue weighted by atomic mass is 19.1. The van der Waals surface area contributed by atoms with E-state index in [9.17, 15) is 43.6 Å². The van der Waals surface area contributed by atoms with Crippen LogP contribution in [0.15, 0.2) is 34.8 Å². The maximum Gasteiger partial charge on any atom is 0.255 e. The summed E-state index contributed by atoms with van der Waals surface area (Å²) in [5.41, 5.74) is -0.471. The Labute approximate surface area is 186 Å². The molecule has 0 saturated heterocycles. The van der Waals surface area contributed by atoms with E-state index in [0.717, 1.165) is 12.1 Å². The van der Waals surface area contributed by atoms with E-state index in [0.29, 0.717) is 0 Å². The van der Waals surface area contributed by atoms with Crippen LogP contribution in [0.1, 0.15) is 28.8 Å². The van der Waals surface area contributed by atoms with Gasteiger partial charge in [0.2, 0.25) is 5.78 Å². The number of fused-ring (bicyclic) bond motifs is 3. The van der Waals surface area contributed by atoms with E-state index < -0.39 is 92.8 Å². The highest BCUT2D eigenvalue weighted by Crippen LogP contribution is 2.55. The number of nitrogens with two attached hydrogens (primary N) is 1. The zero-order valence-electron chi connectivity index (χ0n) is 17.8. The molecule has 6 N–H and O–H groups in total. The smallest absolute Gasteiger partial charge is 0.255 e. The number of likely N-dealkylation sites (N-methyl/N-ethyl adjacent to an activating group) is 1. The third-order valence-electron chi connectivity index (χ3n) is 7.03. The third-order valence-corrected chi connectivity index (χ3v) is 7.03. The fraction of sp³-hybridized carbons (Fsp3) is 0.409. The number of amides is 1. The van der Waals surface area contributed by atoms with Crippen LogP contribution in [0.3, 0.4) is 0 Å². The molecule has 33 heavy (non-hydrogen) atoms. The maximum atomic E-state index is 14.6. The number of Topliss-reactive ketones (excluding diaryl/α,β-unsaturated/α-hetero) is 2. The minimum atomic E-state index is -3.03. The van der Waals surface area contributed by atoms with Crippen molar-refractivity contribution in [3.8, 4) is 0 Å². The lowest BCUT2D eigenvalue weighted by Crippen LogP contribution is -2.68. The quantitative estimate of drug-likeness (QED) is 0.389. The Morgan fingerprint density at radius 1 is 1.15 bits per heavy atom. The number of aliphatic hydroxyl groups is 4. The number of hydrogen-bond donors (Lipinski definition) is 5. The summed E-state index contributed by atoms with van der Waals surface area (Å²) in [6, 6.07) is 0.168. The first-order valence-corrected chi connectivity index (χ1v) is 10.1. The molecule has 4 rings (SSSR count). The van der Waals surface area contributed by atoms with Gasteiger partial charge in [0.25, 0.3) is 5.91 Å². The monoisotopic (exact) mass is 464 g/mol. The first-order valence-electron chi connectivity index (χ1n) is 10.1. The third kappa shape index (κ3) is 2.69. The summed E-state index contributed by atoms with van der Waals surface area (Å²) in [6.07, 6.45) is -1.80. The number of hydrogen-bond acceptors (Lipinski definition) is 8. The molecule has 11 heteroatoms. The SMILES string of the molecule is C[C@H]1c2c(F)ccc(F)c2C(=O)C2=C(O)[C@]3(O)C(=O)C(C(N)=O)=C(O)[C@@H](N(C)C)[C@@H]3[C@@H](O)[C@@H]21. The average molecular weight is 464 g/mol. The zero-order valence-corrected chi connectivity index (χ0v) is 17.8. The number of ketones is 2. The van der Waals surface area contributed by atoms with Crippen LogP contribution >= 0.6 is 0 Å².